The van der Waals surface area contributed by atoms with Crippen LogP contribution in [0, 0.1) is 11.3 Å². The molecule has 2 atom stereocenters. The summed E-state index contributed by atoms with van der Waals surface area (Å²) in [5, 5.41) is 20.2. The summed E-state index contributed by atoms with van der Waals surface area (Å²) in [7, 11) is 3.86. The Bertz CT molecular complexity index is 654. The lowest BCUT2D eigenvalue weighted by molar-refractivity contribution is -0.163. The molecule has 1 aliphatic carbocycles. The van der Waals surface area contributed by atoms with Crippen LogP contribution in [0.5, 0.6) is 0 Å². The molecule has 1 heterocycles. The minimum Gasteiger partial charge on any atom is -0.481 e. The first-order valence-corrected chi connectivity index (χ1v) is 8.81. The molecule has 3 rings (SSSR count). The first-order valence-electron chi connectivity index (χ1n) is 8.81. The third-order valence-electron chi connectivity index (χ3n) is 5.48. The number of nitrogens with zero attached hydrogens (tertiary/aromatic N) is 2. The number of carboxylic acids is 1. The Kier molecular flexibility index (Phi) is 4.73. The maximum atomic E-state index is 12.8. The molecule has 2 fully saturated rings. The predicted molar refractivity (Wildman–Crippen MR) is 94.7 cm³/mol. The highest BCUT2D eigenvalue weighted by Gasteiger charge is 2.52. The van der Waals surface area contributed by atoms with Crippen molar-refractivity contribution in [3.8, 4) is 0 Å². The summed E-state index contributed by atoms with van der Waals surface area (Å²) in [6.45, 7) is 0.462. The molecule has 0 radical (unpaired) electrons. The first-order chi connectivity index (χ1) is 11.8. The molecule has 2 aliphatic rings. The van der Waals surface area contributed by atoms with E-state index in [1.807, 2.05) is 31.1 Å². The fraction of sp³-hybridized carbons (Fsp3) is 0.579. The molecule has 0 bridgehead atoms. The summed E-state index contributed by atoms with van der Waals surface area (Å²) in [4.78, 5) is 28.4. The second kappa shape index (κ2) is 6.67. The summed E-state index contributed by atoms with van der Waals surface area (Å²) < 4.78 is 0. The van der Waals surface area contributed by atoms with Crippen molar-refractivity contribution in [2.45, 2.75) is 31.8 Å². The second-order valence-corrected chi connectivity index (χ2v) is 7.58. The van der Waals surface area contributed by atoms with Gasteiger partial charge in [0.1, 0.15) is 5.41 Å². The fourth-order valence-electron chi connectivity index (χ4n) is 3.67. The van der Waals surface area contributed by atoms with Gasteiger partial charge < -0.3 is 20.0 Å². The summed E-state index contributed by atoms with van der Waals surface area (Å²) in [5.41, 5.74) is 0.311. The van der Waals surface area contributed by atoms with Crippen molar-refractivity contribution in [2.75, 3.05) is 32.1 Å². The number of aliphatic carboxylic acids is 1. The van der Waals surface area contributed by atoms with Crippen LogP contribution in [-0.4, -0.2) is 60.3 Å². The van der Waals surface area contributed by atoms with Gasteiger partial charge in [-0.15, -0.1) is 0 Å². The number of hydrogen-bond acceptors (Lipinski definition) is 4. The monoisotopic (exact) mass is 346 g/mol. The Labute approximate surface area is 148 Å². The Morgan fingerprint density at radius 1 is 1.20 bits per heavy atom. The number of amides is 1. The van der Waals surface area contributed by atoms with Crippen molar-refractivity contribution in [3.05, 3.63) is 29.8 Å². The highest BCUT2D eigenvalue weighted by Crippen LogP contribution is 2.45. The van der Waals surface area contributed by atoms with Crippen LogP contribution in [0.15, 0.2) is 24.3 Å². The number of aliphatic hydroxyl groups excluding tert-OH is 1. The van der Waals surface area contributed by atoms with Crippen LogP contribution in [0.25, 0.3) is 0 Å². The molecule has 136 valence electrons. The molecule has 25 heavy (non-hydrogen) atoms. The van der Waals surface area contributed by atoms with Gasteiger partial charge in [0.05, 0.1) is 6.10 Å². The normalized spacial score (nSPS) is 26.4. The van der Waals surface area contributed by atoms with E-state index in [0.29, 0.717) is 30.9 Å². The van der Waals surface area contributed by atoms with Crippen LogP contribution in [-0.2, 0) is 4.79 Å². The van der Waals surface area contributed by atoms with Crippen molar-refractivity contribution >= 4 is 17.6 Å². The Morgan fingerprint density at radius 2 is 1.84 bits per heavy atom. The van der Waals surface area contributed by atoms with Crippen molar-refractivity contribution in [1.82, 2.24) is 4.90 Å². The lowest BCUT2D eigenvalue weighted by Gasteiger charge is -2.43. The topological polar surface area (TPSA) is 81.1 Å². The number of benzene rings is 1. The van der Waals surface area contributed by atoms with Gasteiger partial charge in [0.15, 0.2) is 0 Å². The smallest absolute Gasteiger partial charge is 0.314 e. The van der Waals surface area contributed by atoms with Gasteiger partial charge >= 0.3 is 5.97 Å². The van der Waals surface area contributed by atoms with E-state index in [1.54, 1.807) is 17.0 Å². The van der Waals surface area contributed by atoms with Crippen molar-refractivity contribution < 1.29 is 19.8 Å². The highest BCUT2D eigenvalue weighted by molar-refractivity contribution is 5.95. The maximum absolute atomic E-state index is 12.8. The van der Waals surface area contributed by atoms with E-state index >= 15 is 0 Å². The zero-order valence-electron chi connectivity index (χ0n) is 14.8. The summed E-state index contributed by atoms with van der Waals surface area (Å²) in [6, 6.07) is 7.29. The minimum atomic E-state index is -1.24. The number of carbonyl (C=O) groups is 2. The van der Waals surface area contributed by atoms with Gasteiger partial charge in [-0.25, -0.2) is 0 Å². The molecule has 1 saturated heterocycles. The third-order valence-corrected chi connectivity index (χ3v) is 5.48. The van der Waals surface area contributed by atoms with Crippen LogP contribution in [0.2, 0.25) is 0 Å². The molecular weight excluding hydrogens is 320 g/mol. The molecular formula is C19H26N2O4. The lowest BCUT2D eigenvalue weighted by Crippen LogP contribution is -2.57. The van der Waals surface area contributed by atoms with Crippen molar-refractivity contribution in [2.24, 2.45) is 11.3 Å². The zero-order chi connectivity index (χ0) is 18.2. The van der Waals surface area contributed by atoms with Gasteiger partial charge in [-0.1, -0.05) is 12.8 Å². The van der Waals surface area contributed by atoms with E-state index in [-0.39, 0.29) is 12.5 Å². The number of aliphatic hydroxyl groups is 1. The SMILES string of the molecule is CN(C)c1ccc(C(=O)N2CC[C@H](O)[C@](CC3CC3)(C(=O)O)C2)cc1. The van der Waals surface area contributed by atoms with Crippen LogP contribution in [0.1, 0.15) is 36.0 Å². The van der Waals surface area contributed by atoms with Crippen molar-refractivity contribution in [1.29, 1.82) is 0 Å². The number of rotatable bonds is 5. The number of anilines is 1. The number of likely N-dealkylation sites (tertiary alicyclic amines) is 1. The number of carboxylic acid groups (broad SMARTS) is 1. The molecule has 1 aromatic carbocycles. The molecule has 6 nitrogen and oxygen atoms in total. The highest BCUT2D eigenvalue weighted by atomic mass is 16.4. The van der Waals surface area contributed by atoms with Crippen LogP contribution in [0.4, 0.5) is 5.69 Å². The van der Waals surface area contributed by atoms with Gasteiger partial charge in [-0.05, 0) is 43.0 Å². The maximum Gasteiger partial charge on any atom is 0.314 e. The largest absolute Gasteiger partial charge is 0.481 e. The van der Waals surface area contributed by atoms with E-state index in [0.717, 1.165) is 18.5 Å². The number of hydrogen-bond donors (Lipinski definition) is 2. The Morgan fingerprint density at radius 3 is 2.36 bits per heavy atom. The number of piperidine rings is 1. The standard InChI is InChI=1S/C19H26N2O4/c1-20(2)15-7-5-14(6-8-15)17(23)21-10-9-16(22)19(12-21,18(24)25)11-13-3-4-13/h5-8,13,16,22H,3-4,9-12H2,1-2H3,(H,24,25)/t16-,19+/m0/s1. The second-order valence-electron chi connectivity index (χ2n) is 7.58. The van der Waals surface area contributed by atoms with E-state index in [4.69, 9.17) is 0 Å². The average Bonchev–Trinajstić information content (AvgIpc) is 3.40. The summed E-state index contributed by atoms with van der Waals surface area (Å²) in [6.07, 6.45) is 1.89. The molecule has 1 amide bonds. The molecule has 0 aromatic heterocycles. The summed E-state index contributed by atoms with van der Waals surface area (Å²) >= 11 is 0. The molecule has 6 heteroatoms. The van der Waals surface area contributed by atoms with E-state index in [9.17, 15) is 19.8 Å². The quantitative estimate of drug-likeness (QED) is 0.850. The first kappa shape index (κ1) is 17.7. The Hall–Kier alpha value is -2.08. The van der Waals surface area contributed by atoms with E-state index < -0.39 is 17.5 Å². The van der Waals surface area contributed by atoms with Gasteiger partial charge in [-0.3, -0.25) is 9.59 Å². The predicted octanol–water partition coefficient (Wildman–Crippen LogP) is 1.83. The van der Waals surface area contributed by atoms with Gasteiger partial charge in [0.2, 0.25) is 0 Å². The molecule has 0 spiro atoms. The average molecular weight is 346 g/mol. The molecule has 0 unspecified atom stereocenters. The minimum absolute atomic E-state index is 0.0776. The van der Waals surface area contributed by atoms with E-state index in [2.05, 4.69) is 0 Å². The van der Waals surface area contributed by atoms with Crippen LogP contribution in [0.3, 0.4) is 0 Å². The van der Waals surface area contributed by atoms with Gasteiger partial charge in [0, 0.05) is 38.4 Å². The molecule has 2 N–H and O–H groups in total. The number of carbonyl (C=O) groups excluding carboxylic acids is 1. The fourth-order valence-corrected chi connectivity index (χ4v) is 3.67. The van der Waals surface area contributed by atoms with Crippen molar-refractivity contribution in [3.63, 3.8) is 0 Å². The molecule has 1 aliphatic heterocycles. The zero-order valence-corrected chi connectivity index (χ0v) is 14.8. The van der Waals surface area contributed by atoms with Crippen LogP contribution >= 0.6 is 0 Å². The van der Waals surface area contributed by atoms with E-state index in [1.165, 1.54) is 0 Å². The van der Waals surface area contributed by atoms with Gasteiger partial charge in [0.25, 0.3) is 5.91 Å². The summed E-state index contributed by atoms with van der Waals surface area (Å²) in [5.74, 6) is -0.800. The lowest BCUT2D eigenvalue weighted by atomic mass is 9.73. The van der Waals surface area contributed by atoms with Gasteiger partial charge in [-0.2, -0.15) is 0 Å². The Balaban J connectivity index is 1.79. The molecule has 1 aromatic rings. The third kappa shape index (κ3) is 3.49. The van der Waals surface area contributed by atoms with Crippen LogP contribution < -0.4 is 4.90 Å². The molecule has 1 saturated carbocycles.